The Hall–Kier alpha value is -0.330. The highest BCUT2D eigenvalue weighted by Crippen LogP contribution is 2.50. The third kappa shape index (κ3) is 4.33. The second kappa shape index (κ2) is 8.96. The summed E-state index contributed by atoms with van der Waals surface area (Å²) in [6.07, 6.45) is 21.4. The third-order valence-corrected chi connectivity index (χ3v) is 6.41. The lowest BCUT2D eigenvalue weighted by atomic mass is 9.57. The summed E-state index contributed by atoms with van der Waals surface area (Å²) in [5.41, 5.74) is 0.0502. The maximum absolute atomic E-state index is 12.3. The van der Waals surface area contributed by atoms with Crippen LogP contribution in [0.25, 0.3) is 0 Å². The van der Waals surface area contributed by atoms with Gasteiger partial charge in [-0.05, 0) is 43.9 Å². The van der Waals surface area contributed by atoms with Crippen LogP contribution in [0.2, 0.25) is 0 Å². The molecule has 1 nitrogen and oxygen atoms in total. The van der Waals surface area contributed by atoms with Crippen LogP contribution in [0.1, 0.15) is 103 Å². The fourth-order valence-electron chi connectivity index (χ4n) is 5.13. The zero-order valence-corrected chi connectivity index (χ0v) is 14.2. The van der Waals surface area contributed by atoms with Crippen LogP contribution >= 0.6 is 0 Å². The minimum Gasteiger partial charge on any atom is -0.303 e. The Morgan fingerprint density at radius 1 is 0.810 bits per heavy atom. The highest BCUT2D eigenvalue weighted by molar-refractivity contribution is 5.60. The minimum absolute atomic E-state index is 0.0502. The molecule has 0 aromatic heterocycles. The van der Waals surface area contributed by atoms with E-state index in [1.54, 1.807) is 0 Å². The molecule has 2 aliphatic carbocycles. The van der Waals surface area contributed by atoms with Crippen molar-refractivity contribution in [3.05, 3.63) is 0 Å². The van der Waals surface area contributed by atoms with Crippen molar-refractivity contribution in [1.29, 1.82) is 0 Å². The molecule has 0 aromatic rings. The van der Waals surface area contributed by atoms with Crippen molar-refractivity contribution in [1.82, 2.24) is 0 Å². The van der Waals surface area contributed by atoms with Crippen molar-refractivity contribution < 1.29 is 4.79 Å². The maximum Gasteiger partial charge on any atom is 0.126 e. The molecule has 1 heteroatoms. The smallest absolute Gasteiger partial charge is 0.126 e. The molecule has 2 rings (SSSR count). The number of aldehydes is 1. The van der Waals surface area contributed by atoms with Crippen LogP contribution < -0.4 is 0 Å². The van der Waals surface area contributed by atoms with E-state index in [9.17, 15) is 4.79 Å². The molecule has 0 N–H and O–H groups in total. The molecule has 0 amide bonds. The molecule has 0 unspecified atom stereocenters. The second-order valence-electron chi connectivity index (χ2n) is 7.71. The van der Waals surface area contributed by atoms with Gasteiger partial charge >= 0.3 is 0 Å². The quantitative estimate of drug-likeness (QED) is 0.379. The molecule has 2 saturated carbocycles. The van der Waals surface area contributed by atoms with Gasteiger partial charge in [-0.1, -0.05) is 71.1 Å². The van der Waals surface area contributed by atoms with Gasteiger partial charge in [-0.15, -0.1) is 0 Å². The first kappa shape index (κ1) is 17.0. The van der Waals surface area contributed by atoms with Crippen LogP contribution in [0, 0.1) is 17.3 Å². The molecule has 0 saturated heterocycles. The van der Waals surface area contributed by atoms with Gasteiger partial charge in [0.05, 0.1) is 0 Å². The molecule has 122 valence electrons. The Bertz CT molecular complexity index is 266. The molecule has 0 bridgehead atoms. The number of hydrogen-bond acceptors (Lipinski definition) is 1. The first-order valence-electron chi connectivity index (χ1n) is 9.80. The topological polar surface area (TPSA) is 17.1 Å². The van der Waals surface area contributed by atoms with Crippen LogP contribution in [0.15, 0.2) is 0 Å². The molecule has 21 heavy (non-hydrogen) atoms. The summed E-state index contributed by atoms with van der Waals surface area (Å²) in [6.45, 7) is 2.27. The highest BCUT2D eigenvalue weighted by atomic mass is 16.1. The van der Waals surface area contributed by atoms with Gasteiger partial charge in [-0.3, -0.25) is 0 Å². The van der Waals surface area contributed by atoms with E-state index in [0.29, 0.717) is 11.8 Å². The maximum atomic E-state index is 12.3. The van der Waals surface area contributed by atoms with Crippen LogP contribution in [0.4, 0.5) is 0 Å². The Morgan fingerprint density at radius 2 is 1.33 bits per heavy atom. The van der Waals surface area contributed by atoms with Gasteiger partial charge in [0, 0.05) is 5.41 Å². The average Bonchev–Trinajstić information content (AvgIpc) is 2.57. The Balaban J connectivity index is 2.06. The van der Waals surface area contributed by atoms with Crippen molar-refractivity contribution in [2.45, 2.75) is 103 Å². The zero-order valence-electron chi connectivity index (χ0n) is 14.2. The summed E-state index contributed by atoms with van der Waals surface area (Å²) in [5, 5.41) is 0. The summed E-state index contributed by atoms with van der Waals surface area (Å²) in [6, 6.07) is 0. The molecule has 0 atom stereocenters. The summed E-state index contributed by atoms with van der Waals surface area (Å²) < 4.78 is 0. The molecular weight excluding hydrogens is 256 g/mol. The number of hydrogen-bond donors (Lipinski definition) is 0. The Labute approximate surface area is 132 Å². The lowest BCUT2D eigenvalue weighted by Crippen LogP contribution is -2.41. The summed E-state index contributed by atoms with van der Waals surface area (Å²) in [5.74, 6) is 1.40. The SMILES string of the molecule is CCCCCCC(C=O)(C1CCCCC1)C1CCCCC1. The molecule has 0 aromatic carbocycles. The normalized spacial score (nSPS) is 22.3. The van der Waals surface area contributed by atoms with Gasteiger partial charge in [0.1, 0.15) is 6.29 Å². The fraction of sp³-hybridized carbons (Fsp3) is 0.950. The van der Waals surface area contributed by atoms with Gasteiger partial charge in [-0.25, -0.2) is 0 Å². The lowest BCUT2D eigenvalue weighted by Gasteiger charge is -2.46. The van der Waals surface area contributed by atoms with Crippen LogP contribution in [0.3, 0.4) is 0 Å². The van der Waals surface area contributed by atoms with Crippen LogP contribution in [-0.2, 0) is 4.79 Å². The zero-order chi connectivity index (χ0) is 15.0. The molecule has 2 fully saturated rings. The molecular formula is C20H36O. The lowest BCUT2D eigenvalue weighted by molar-refractivity contribution is -0.126. The van der Waals surface area contributed by atoms with Crippen molar-refractivity contribution >= 4 is 6.29 Å². The van der Waals surface area contributed by atoms with E-state index < -0.39 is 0 Å². The molecule has 0 heterocycles. The van der Waals surface area contributed by atoms with Crippen LogP contribution in [0.5, 0.6) is 0 Å². The van der Waals surface area contributed by atoms with Gasteiger partial charge in [0.25, 0.3) is 0 Å². The van der Waals surface area contributed by atoms with E-state index >= 15 is 0 Å². The van der Waals surface area contributed by atoms with Gasteiger partial charge in [0.15, 0.2) is 0 Å². The number of rotatable bonds is 8. The monoisotopic (exact) mass is 292 g/mol. The third-order valence-electron chi connectivity index (χ3n) is 6.41. The minimum atomic E-state index is 0.0502. The summed E-state index contributed by atoms with van der Waals surface area (Å²) in [4.78, 5) is 12.3. The molecule has 0 aliphatic heterocycles. The molecule has 2 aliphatic rings. The first-order valence-corrected chi connectivity index (χ1v) is 9.80. The first-order chi connectivity index (χ1) is 10.3. The highest BCUT2D eigenvalue weighted by Gasteiger charge is 2.44. The van der Waals surface area contributed by atoms with Gasteiger partial charge in [-0.2, -0.15) is 0 Å². The predicted molar refractivity (Wildman–Crippen MR) is 90.4 cm³/mol. The Kier molecular flexibility index (Phi) is 7.26. The summed E-state index contributed by atoms with van der Waals surface area (Å²) >= 11 is 0. The number of unbranched alkanes of at least 4 members (excludes halogenated alkanes) is 3. The van der Waals surface area contributed by atoms with Gasteiger partial charge in [0.2, 0.25) is 0 Å². The van der Waals surface area contributed by atoms with E-state index in [1.807, 2.05) is 0 Å². The summed E-state index contributed by atoms with van der Waals surface area (Å²) in [7, 11) is 0. The largest absolute Gasteiger partial charge is 0.303 e. The van der Waals surface area contributed by atoms with Crippen molar-refractivity contribution in [2.24, 2.45) is 17.3 Å². The molecule has 0 spiro atoms. The number of carbonyl (C=O) groups excluding carboxylic acids is 1. The fourth-order valence-corrected chi connectivity index (χ4v) is 5.13. The van der Waals surface area contributed by atoms with Crippen molar-refractivity contribution in [2.75, 3.05) is 0 Å². The average molecular weight is 293 g/mol. The van der Waals surface area contributed by atoms with Crippen molar-refractivity contribution in [3.8, 4) is 0 Å². The predicted octanol–water partition coefficient (Wildman–Crippen LogP) is 6.30. The standard InChI is InChI=1S/C20H36O/c1-2-3-4-11-16-20(17-21,18-12-7-5-8-13-18)19-14-9-6-10-15-19/h17-19H,2-16H2,1H3. The van der Waals surface area contributed by atoms with E-state index in [0.717, 1.165) is 0 Å². The van der Waals surface area contributed by atoms with E-state index in [1.165, 1.54) is 103 Å². The van der Waals surface area contributed by atoms with Crippen molar-refractivity contribution in [3.63, 3.8) is 0 Å². The number of carbonyl (C=O) groups is 1. The second-order valence-corrected chi connectivity index (χ2v) is 7.71. The Morgan fingerprint density at radius 3 is 1.76 bits per heavy atom. The van der Waals surface area contributed by atoms with E-state index in [4.69, 9.17) is 0 Å². The van der Waals surface area contributed by atoms with Gasteiger partial charge < -0.3 is 4.79 Å². The molecule has 0 radical (unpaired) electrons. The van der Waals surface area contributed by atoms with E-state index in [2.05, 4.69) is 6.92 Å². The van der Waals surface area contributed by atoms with E-state index in [-0.39, 0.29) is 5.41 Å². The van der Waals surface area contributed by atoms with Crippen LogP contribution in [-0.4, -0.2) is 6.29 Å².